The first kappa shape index (κ1) is 17.1. The van der Waals surface area contributed by atoms with E-state index in [0.29, 0.717) is 22.9 Å². The summed E-state index contributed by atoms with van der Waals surface area (Å²) in [6, 6.07) is 15.1. The van der Waals surface area contributed by atoms with Crippen molar-refractivity contribution in [3.63, 3.8) is 0 Å². The molecule has 25 heavy (non-hydrogen) atoms. The molecule has 6 heteroatoms. The number of ether oxygens (including phenoxy) is 2. The number of hydrogen-bond acceptors (Lipinski definition) is 5. The highest BCUT2D eigenvalue weighted by Crippen LogP contribution is 2.30. The molecule has 2 aromatic carbocycles. The molecule has 0 aliphatic carbocycles. The summed E-state index contributed by atoms with van der Waals surface area (Å²) < 4.78 is 10.4. The fraction of sp³-hybridized carbons (Fsp3) is 0.158. The zero-order valence-electron chi connectivity index (χ0n) is 14.0. The number of rotatable bonds is 6. The number of pyridine rings is 1. The van der Waals surface area contributed by atoms with E-state index in [1.807, 2.05) is 30.3 Å². The van der Waals surface area contributed by atoms with Crippen LogP contribution in [0.5, 0.6) is 11.5 Å². The average molecular weight is 354 g/mol. The molecule has 0 fully saturated rings. The molecule has 0 atom stereocenters. The minimum atomic E-state index is -0.0924. The van der Waals surface area contributed by atoms with E-state index in [4.69, 9.17) is 9.47 Å². The number of para-hydroxylation sites is 1. The molecule has 0 radical (unpaired) electrons. The Hall–Kier alpha value is -2.73. The van der Waals surface area contributed by atoms with E-state index >= 15 is 0 Å². The maximum Gasteiger partial charge on any atom is 0.234 e. The number of carbonyl (C=O) groups is 1. The van der Waals surface area contributed by atoms with E-state index in [2.05, 4.69) is 10.3 Å². The largest absolute Gasteiger partial charge is 0.493 e. The fourth-order valence-electron chi connectivity index (χ4n) is 2.45. The number of amides is 1. The zero-order chi connectivity index (χ0) is 17.6. The highest BCUT2D eigenvalue weighted by molar-refractivity contribution is 8.00. The lowest BCUT2D eigenvalue weighted by Gasteiger charge is -2.10. The van der Waals surface area contributed by atoms with Crippen LogP contribution in [-0.4, -0.2) is 30.9 Å². The van der Waals surface area contributed by atoms with E-state index < -0.39 is 0 Å². The molecule has 0 aliphatic heterocycles. The number of fused-ring (bicyclic) bond motifs is 1. The second kappa shape index (κ2) is 7.90. The lowest BCUT2D eigenvalue weighted by Crippen LogP contribution is -2.14. The van der Waals surface area contributed by atoms with Gasteiger partial charge in [-0.2, -0.15) is 0 Å². The summed E-state index contributed by atoms with van der Waals surface area (Å²) in [5.74, 6) is 1.40. The van der Waals surface area contributed by atoms with Gasteiger partial charge in [0, 0.05) is 28.2 Å². The van der Waals surface area contributed by atoms with Crippen LogP contribution >= 0.6 is 11.8 Å². The second-order valence-electron chi connectivity index (χ2n) is 5.24. The molecule has 1 amide bonds. The molecule has 1 heterocycles. The minimum absolute atomic E-state index is 0.0924. The lowest BCUT2D eigenvalue weighted by atomic mass is 10.2. The maximum atomic E-state index is 12.3. The topological polar surface area (TPSA) is 60.5 Å². The van der Waals surface area contributed by atoms with Crippen molar-refractivity contribution < 1.29 is 14.3 Å². The number of methoxy groups -OCH3 is 2. The molecule has 0 saturated heterocycles. The first-order valence-corrected chi connectivity index (χ1v) is 8.68. The molecule has 0 unspecified atom stereocenters. The Morgan fingerprint density at radius 1 is 1.08 bits per heavy atom. The van der Waals surface area contributed by atoms with E-state index in [0.717, 1.165) is 15.8 Å². The number of aromatic nitrogens is 1. The Balaban J connectivity index is 1.67. The zero-order valence-corrected chi connectivity index (χ0v) is 14.8. The number of nitrogens with zero attached hydrogens (tertiary/aromatic N) is 1. The van der Waals surface area contributed by atoms with Crippen LogP contribution in [0.15, 0.2) is 59.6 Å². The standard InChI is InChI=1S/C19H18N2O3S/c1-23-15-9-8-14(11-16(15)24-2)21-18(22)12-25-17-7-3-5-13-6-4-10-20-19(13)17/h3-11H,12H2,1-2H3,(H,21,22). The molecule has 0 spiro atoms. The summed E-state index contributed by atoms with van der Waals surface area (Å²) >= 11 is 1.46. The number of nitrogens with one attached hydrogen (secondary N) is 1. The number of hydrogen-bond donors (Lipinski definition) is 1. The molecular formula is C19H18N2O3S. The van der Waals surface area contributed by atoms with Crippen molar-refractivity contribution in [2.24, 2.45) is 0 Å². The van der Waals surface area contributed by atoms with Crippen LogP contribution in [0.3, 0.4) is 0 Å². The van der Waals surface area contributed by atoms with Crippen molar-refractivity contribution >= 4 is 34.3 Å². The first-order valence-electron chi connectivity index (χ1n) is 7.69. The van der Waals surface area contributed by atoms with Crippen molar-refractivity contribution in [1.82, 2.24) is 4.98 Å². The number of thioether (sulfide) groups is 1. The summed E-state index contributed by atoms with van der Waals surface area (Å²) in [5, 5.41) is 3.93. The van der Waals surface area contributed by atoms with Crippen LogP contribution in [0, 0.1) is 0 Å². The lowest BCUT2D eigenvalue weighted by molar-refractivity contribution is -0.113. The van der Waals surface area contributed by atoms with Gasteiger partial charge in [-0.3, -0.25) is 9.78 Å². The second-order valence-corrected chi connectivity index (χ2v) is 6.26. The van der Waals surface area contributed by atoms with Gasteiger partial charge in [0.2, 0.25) is 5.91 Å². The molecule has 1 N–H and O–H groups in total. The summed E-state index contributed by atoms with van der Waals surface area (Å²) in [5.41, 5.74) is 1.58. The van der Waals surface area contributed by atoms with Gasteiger partial charge < -0.3 is 14.8 Å². The van der Waals surface area contributed by atoms with Crippen molar-refractivity contribution in [3.05, 3.63) is 54.7 Å². The number of carbonyl (C=O) groups excluding carboxylic acids is 1. The Morgan fingerprint density at radius 2 is 1.88 bits per heavy atom. The third kappa shape index (κ3) is 4.03. The Bertz CT molecular complexity index is 893. The monoisotopic (exact) mass is 354 g/mol. The molecule has 5 nitrogen and oxygen atoms in total. The van der Waals surface area contributed by atoms with Gasteiger partial charge in [-0.1, -0.05) is 18.2 Å². The summed E-state index contributed by atoms with van der Waals surface area (Å²) in [7, 11) is 3.14. The Morgan fingerprint density at radius 3 is 2.68 bits per heavy atom. The van der Waals surface area contributed by atoms with Gasteiger partial charge in [-0.25, -0.2) is 0 Å². The fourth-order valence-corrected chi connectivity index (χ4v) is 3.29. The highest BCUT2D eigenvalue weighted by atomic mass is 32.2. The van der Waals surface area contributed by atoms with Crippen molar-refractivity contribution in [2.45, 2.75) is 4.90 Å². The van der Waals surface area contributed by atoms with Crippen molar-refractivity contribution in [2.75, 3.05) is 25.3 Å². The van der Waals surface area contributed by atoms with Crippen LogP contribution in [-0.2, 0) is 4.79 Å². The Kier molecular flexibility index (Phi) is 5.40. The quantitative estimate of drug-likeness (QED) is 0.679. The van der Waals surface area contributed by atoms with Gasteiger partial charge >= 0.3 is 0 Å². The van der Waals surface area contributed by atoms with Crippen molar-refractivity contribution in [3.8, 4) is 11.5 Å². The number of benzene rings is 2. The molecular weight excluding hydrogens is 336 g/mol. The van der Waals surface area contributed by atoms with Crippen LogP contribution in [0.4, 0.5) is 5.69 Å². The normalized spacial score (nSPS) is 10.5. The van der Waals surface area contributed by atoms with Crippen LogP contribution in [0.25, 0.3) is 10.9 Å². The summed E-state index contributed by atoms with van der Waals surface area (Å²) in [6.45, 7) is 0. The molecule has 0 bridgehead atoms. The molecule has 3 rings (SSSR count). The van der Waals surface area contributed by atoms with E-state index in [-0.39, 0.29) is 5.91 Å². The highest BCUT2D eigenvalue weighted by Gasteiger charge is 2.09. The van der Waals surface area contributed by atoms with Crippen molar-refractivity contribution in [1.29, 1.82) is 0 Å². The minimum Gasteiger partial charge on any atom is -0.493 e. The molecule has 0 aliphatic rings. The smallest absolute Gasteiger partial charge is 0.234 e. The van der Waals surface area contributed by atoms with Crippen LogP contribution in [0.1, 0.15) is 0 Å². The van der Waals surface area contributed by atoms with E-state index in [1.165, 1.54) is 11.8 Å². The maximum absolute atomic E-state index is 12.3. The molecule has 0 saturated carbocycles. The summed E-state index contributed by atoms with van der Waals surface area (Å²) in [4.78, 5) is 17.6. The first-order chi connectivity index (χ1) is 12.2. The van der Waals surface area contributed by atoms with Gasteiger partial charge in [0.1, 0.15) is 0 Å². The summed E-state index contributed by atoms with van der Waals surface area (Å²) in [6.07, 6.45) is 1.76. The molecule has 128 valence electrons. The third-order valence-electron chi connectivity index (χ3n) is 3.62. The van der Waals surface area contributed by atoms with Gasteiger partial charge in [0.25, 0.3) is 0 Å². The Labute approximate surface area is 150 Å². The van der Waals surface area contributed by atoms with Crippen LogP contribution in [0.2, 0.25) is 0 Å². The van der Waals surface area contributed by atoms with Gasteiger partial charge in [0.05, 0.1) is 25.5 Å². The van der Waals surface area contributed by atoms with Gasteiger partial charge in [-0.05, 0) is 24.3 Å². The van der Waals surface area contributed by atoms with Gasteiger partial charge in [0.15, 0.2) is 11.5 Å². The SMILES string of the molecule is COc1ccc(NC(=O)CSc2cccc3cccnc23)cc1OC. The van der Waals surface area contributed by atoms with E-state index in [9.17, 15) is 4.79 Å². The van der Waals surface area contributed by atoms with Gasteiger partial charge in [-0.15, -0.1) is 11.8 Å². The predicted molar refractivity (Wildman–Crippen MR) is 101 cm³/mol. The number of anilines is 1. The van der Waals surface area contributed by atoms with E-state index in [1.54, 1.807) is 38.6 Å². The third-order valence-corrected chi connectivity index (χ3v) is 4.67. The average Bonchev–Trinajstić information content (AvgIpc) is 2.66. The molecule has 1 aromatic heterocycles. The van der Waals surface area contributed by atoms with Crippen LogP contribution < -0.4 is 14.8 Å². The predicted octanol–water partition coefficient (Wildman–Crippen LogP) is 3.98. The molecule has 3 aromatic rings.